The Morgan fingerprint density at radius 3 is 2.19 bits per heavy atom. The summed E-state index contributed by atoms with van der Waals surface area (Å²) in [6.07, 6.45) is 2.24. The fourth-order valence-electron chi connectivity index (χ4n) is 3.94. The smallest absolute Gasteiger partial charge is 0.243 e. The highest BCUT2D eigenvalue weighted by atomic mass is 32.2. The van der Waals surface area contributed by atoms with Gasteiger partial charge >= 0.3 is 0 Å². The Hall–Kier alpha value is -1.34. The molecule has 2 aromatic rings. The van der Waals surface area contributed by atoms with Gasteiger partial charge in [-0.3, -0.25) is 4.90 Å². The van der Waals surface area contributed by atoms with E-state index in [4.69, 9.17) is 4.74 Å². The SMILES string of the molecule is O=S(=O)(NCC(c1cccs1)N1CCCC1)c1ccc(S(=O)(=O)N2CCOCC2)cc1. The molecule has 170 valence electrons. The molecule has 1 unspecified atom stereocenters. The minimum Gasteiger partial charge on any atom is -0.379 e. The van der Waals surface area contributed by atoms with Crippen LogP contribution in [0.5, 0.6) is 0 Å². The van der Waals surface area contributed by atoms with Crippen molar-refractivity contribution in [3.8, 4) is 0 Å². The normalized spacial score (nSPS) is 20.1. The number of nitrogens with zero attached hydrogens (tertiary/aromatic N) is 2. The average molecular weight is 486 g/mol. The van der Waals surface area contributed by atoms with Crippen molar-refractivity contribution in [1.29, 1.82) is 0 Å². The van der Waals surface area contributed by atoms with Gasteiger partial charge in [-0.2, -0.15) is 4.31 Å². The molecule has 2 fully saturated rings. The monoisotopic (exact) mass is 485 g/mol. The van der Waals surface area contributed by atoms with Crippen LogP contribution in [0.3, 0.4) is 0 Å². The first kappa shape index (κ1) is 22.8. The van der Waals surface area contributed by atoms with Gasteiger partial charge in [0, 0.05) is 24.5 Å². The maximum atomic E-state index is 12.9. The second kappa shape index (κ2) is 9.65. The first-order valence-corrected chi connectivity index (χ1v) is 14.1. The lowest BCUT2D eigenvalue weighted by Gasteiger charge is -2.27. The third-order valence-electron chi connectivity index (χ3n) is 5.66. The molecule has 1 aromatic heterocycles. The molecule has 2 saturated heterocycles. The Kier molecular flexibility index (Phi) is 7.11. The van der Waals surface area contributed by atoms with Gasteiger partial charge in [0.15, 0.2) is 0 Å². The lowest BCUT2D eigenvalue weighted by molar-refractivity contribution is 0.0730. The minimum absolute atomic E-state index is 0.00162. The summed E-state index contributed by atoms with van der Waals surface area (Å²) < 4.78 is 60.5. The summed E-state index contributed by atoms with van der Waals surface area (Å²) in [4.78, 5) is 3.59. The lowest BCUT2D eigenvalue weighted by atomic mass is 10.2. The van der Waals surface area contributed by atoms with Crippen LogP contribution in [0.15, 0.2) is 51.6 Å². The Morgan fingerprint density at radius 2 is 1.58 bits per heavy atom. The molecule has 0 aliphatic carbocycles. The first-order chi connectivity index (χ1) is 14.9. The highest BCUT2D eigenvalue weighted by Gasteiger charge is 2.28. The molecule has 1 atom stereocenters. The zero-order valence-electron chi connectivity index (χ0n) is 17.1. The van der Waals surface area contributed by atoms with Gasteiger partial charge in [-0.05, 0) is 61.6 Å². The maximum Gasteiger partial charge on any atom is 0.243 e. The summed E-state index contributed by atoms with van der Waals surface area (Å²) in [6, 6.07) is 9.43. The Labute approximate surface area is 187 Å². The Balaban J connectivity index is 1.47. The molecule has 31 heavy (non-hydrogen) atoms. The Bertz CT molecular complexity index is 1060. The van der Waals surface area contributed by atoms with Gasteiger partial charge in [0.05, 0.1) is 29.0 Å². The largest absolute Gasteiger partial charge is 0.379 e. The van der Waals surface area contributed by atoms with Crippen LogP contribution in [0.1, 0.15) is 23.8 Å². The van der Waals surface area contributed by atoms with E-state index in [2.05, 4.69) is 9.62 Å². The molecule has 0 saturated carbocycles. The standard InChI is InChI=1S/C20H27N3O5S3/c24-30(25,21-16-19(20-4-3-15-29-20)22-9-1-2-10-22)17-5-7-18(8-6-17)31(26,27)23-11-13-28-14-12-23/h3-8,15,19,21H,1-2,9-14,16H2. The molecule has 3 heterocycles. The predicted molar refractivity (Wildman–Crippen MR) is 119 cm³/mol. The molecular formula is C20H27N3O5S3. The van der Waals surface area contributed by atoms with Crippen molar-refractivity contribution in [2.24, 2.45) is 0 Å². The van der Waals surface area contributed by atoms with E-state index in [0.717, 1.165) is 30.8 Å². The number of hydrogen-bond donors (Lipinski definition) is 1. The number of nitrogens with one attached hydrogen (secondary N) is 1. The van der Waals surface area contributed by atoms with Gasteiger partial charge in [-0.15, -0.1) is 11.3 Å². The molecule has 0 radical (unpaired) electrons. The molecule has 1 aromatic carbocycles. The predicted octanol–water partition coefficient (Wildman–Crippen LogP) is 1.88. The highest BCUT2D eigenvalue weighted by Crippen LogP contribution is 2.28. The number of rotatable bonds is 8. The van der Waals surface area contributed by atoms with Crippen molar-refractivity contribution >= 4 is 31.4 Å². The zero-order chi connectivity index (χ0) is 21.9. The first-order valence-electron chi connectivity index (χ1n) is 10.3. The minimum atomic E-state index is -3.76. The van der Waals surface area contributed by atoms with E-state index in [1.165, 1.54) is 28.6 Å². The second-order valence-electron chi connectivity index (χ2n) is 7.61. The van der Waals surface area contributed by atoms with Crippen LogP contribution >= 0.6 is 11.3 Å². The topological polar surface area (TPSA) is 96.0 Å². The van der Waals surface area contributed by atoms with Crippen LogP contribution in [0.4, 0.5) is 0 Å². The van der Waals surface area contributed by atoms with E-state index in [9.17, 15) is 16.8 Å². The number of likely N-dealkylation sites (tertiary alicyclic amines) is 1. The van der Waals surface area contributed by atoms with Crippen LogP contribution in [-0.4, -0.2) is 72.0 Å². The third kappa shape index (κ3) is 5.19. The molecule has 1 N–H and O–H groups in total. The summed E-state index contributed by atoms with van der Waals surface area (Å²) >= 11 is 1.63. The van der Waals surface area contributed by atoms with E-state index in [1.807, 2.05) is 17.5 Å². The number of benzene rings is 1. The number of sulfonamides is 2. The maximum absolute atomic E-state index is 12.9. The molecule has 11 heteroatoms. The van der Waals surface area contributed by atoms with Crippen LogP contribution in [0.25, 0.3) is 0 Å². The van der Waals surface area contributed by atoms with Crippen molar-refractivity contribution in [3.05, 3.63) is 46.7 Å². The van der Waals surface area contributed by atoms with Gasteiger partial charge in [-0.25, -0.2) is 21.6 Å². The number of morpholine rings is 1. The van der Waals surface area contributed by atoms with Gasteiger partial charge < -0.3 is 4.74 Å². The van der Waals surface area contributed by atoms with E-state index in [-0.39, 0.29) is 22.4 Å². The van der Waals surface area contributed by atoms with Crippen molar-refractivity contribution in [1.82, 2.24) is 13.9 Å². The van der Waals surface area contributed by atoms with Crippen LogP contribution in [-0.2, 0) is 24.8 Å². The molecular weight excluding hydrogens is 458 g/mol. The average Bonchev–Trinajstić information content (AvgIpc) is 3.50. The second-order valence-corrected chi connectivity index (χ2v) is 12.3. The quantitative estimate of drug-likeness (QED) is 0.613. The van der Waals surface area contributed by atoms with Gasteiger partial charge in [0.2, 0.25) is 20.0 Å². The Morgan fingerprint density at radius 1 is 0.935 bits per heavy atom. The summed E-state index contributed by atoms with van der Waals surface area (Å²) in [5.41, 5.74) is 0. The van der Waals surface area contributed by atoms with Gasteiger partial charge in [0.25, 0.3) is 0 Å². The molecule has 8 nitrogen and oxygen atoms in total. The van der Waals surface area contributed by atoms with Crippen LogP contribution < -0.4 is 4.72 Å². The van der Waals surface area contributed by atoms with Gasteiger partial charge in [0.1, 0.15) is 0 Å². The zero-order valence-corrected chi connectivity index (χ0v) is 19.6. The third-order valence-corrected chi connectivity index (χ3v) is 9.99. The molecule has 0 spiro atoms. The van der Waals surface area contributed by atoms with Crippen molar-refractivity contribution in [3.63, 3.8) is 0 Å². The molecule has 0 amide bonds. The van der Waals surface area contributed by atoms with Crippen molar-refractivity contribution < 1.29 is 21.6 Å². The summed E-state index contributed by atoms with van der Waals surface area (Å²) in [5, 5.41) is 2.00. The van der Waals surface area contributed by atoms with Crippen molar-refractivity contribution in [2.45, 2.75) is 28.7 Å². The lowest BCUT2D eigenvalue weighted by Crippen LogP contribution is -2.40. The van der Waals surface area contributed by atoms with Crippen molar-refractivity contribution in [2.75, 3.05) is 45.9 Å². The number of thiophene rings is 1. The van der Waals surface area contributed by atoms with Crippen LogP contribution in [0, 0.1) is 0 Å². The summed E-state index contributed by atoms with van der Waals surface area (Å²) in [6.45, 7) is 3.50. The number of ether oxygens (including phenoxy) is 1. The molecule has 4 rings (SSSR count). The van der Waals surface area contributed by atoms with E-state index >= 15 is 0 Å². The summed E-state index contributed by atoms with van der Waals surface area (Å²) in [7, 11) is -7.42. The highest BCUT2D eigenvalue weighted by molar-refractivity contribution is 7.89. The van der Waals surface area contributed by atoms with E-state index in [0.29, 0.717) is 26.3 Å². The molecule has 0 bridgehead atoms. The van der Waals surface area contributed by atoms with E-state index in [1.54, 1.807) is 11.3 Å². The fourth-order valence-corrected chi connectivity index (χ4v) is 7.25. The fraction of sp³-hybridized carbons (Fsp3) is 0.500. The number of hydrogen-bond acceptors (Lipinski definition) is 7. The molecule has 2 aliphatic rings. The van der Waals surface area contributed by atoms with Crippen LogP contribution in [0.2, 0.25) is 0 Å². The van der Waals surface area contributed by atoms with E-state index < -0.39 is 20.0 Å². The molecule has 2 aliphatic heterocycles. The summed E-state index contributed by atoms with van der Waals surface area (Å²) in [5.74, 6) is 0. The van der Waals surface area contributed by atoms with Gasteiger partial charge in [-0.1, -0.05) is 6.07 Å².